The number of carbonyl (C=O) groups excluding carboxylic acids is 1. The van der Waals surface area contributed by atoms with Crippen LogP contribution >= 0.6 is 11.3 Å². The first kappa shape index (κ1) is 17.9. The normalized spacial score (nSPS) is 10.9. The molecule has 0 unspecified atom stereocenters. The maximum Gasteiger partial charge on any atom is 0.420 e. The van der Waals surface area contributed by atoms with Crippen molar-refractivity contribution >= 4 is 33.5 Å². The molecule has 6 nitrogen and oxygen atoms in total. The van der Waals surface area contributed by atoms with Gasteiger partial charge in [-0.15, -0.1) is 17.9 Å². The third-order valence-corrected chi connectivity index (χ3v) is 5.14. The van der Waals surface area contributed by atoms with Crippen molar-refractivity contribution < 1.29 is 9.21 Å². The van der Waals surface area contributed by atoms with Crippen molar-refractivity contribution in [1.29, 1.82) is 0 Å². The number of para-hydroxylation sites is 2. The topological polar surface area (TPSA) is 68.3 Å². The highest BCUT2D eigenvalue weighted by Crippen LogP contribution is 2.27. The Labute approximate surface area is 165 Å². The number of rotatable bonds is 6. The zero-order valence-corrected chi connectivity index (χ0v) is 15.8. The number of amides is 1. The van der Waals surface area contributed by atoms with Gasteiger partial charge in [-0.3, -0.25) is 14.3 Å². The summed E-state index contributed by atoms with van der Waals surface area (Å²) in [4.78, 5) is 31.3. The molecule has 0 N–H and O–H groups in total. The number of thiazole rings is 1. The van der Waals surface area contributed by atoms with Crippen LogP contribution < -0.4 is 10.7 Å². The summed E-state index contributed by atoms with van der Waals surface area (Å²) >= 11 is 1.38. The lowest BCUT2D eigenvalue weighted by Crippen LogP contribution is -2.35. The van der Waals surface area contributed by atoms with E-state index in [4.69, 9.17) is 4.42 Å². The van der Waals surface area contributed by atoms with Crippen molar-refractivity contribution in [2.45, 2.75) is 6.54 Å². The molecule has 0 fully saturated rings. The van der Waals surface area contributed by atoms with Gasteiger partial charge in [0.1, 0.15) is 6.54 Å². The fourth-order valence-electron chi connectivity index (χ4n) is 2.93. The molecular weight excluding hydrogens is 374 g/mol. The minimum atomic E-state index is -0.558. The van der Waals surface area contributed by atoms with Crippen LogP contribution in [0, 0.1) is 0 Å². The summed E-state index contributed by atoms with van der Waals surface area (Å²) in [5.41, 5.74) is 2.82. The predicted molar refractivity (Wildman–Crippen MR) is 111 cm³/mol. The van der Waals surface area contributed by atoms with Gasteiger partial charge in [-0.1, -0.05) is 48.5 Å². The third-order valence-electron chi connectivity index (χ3n) is 4.27. The molecule has 28 heavy (non-hydrogen) atoms. The fourth-order valence-corrected chi connectivity index (χ4v) is 3.79. The van der Waals surface area contributed by atoms with E-state index < -0.39 is 5.76 Å². The molecule has 0 aliphatic rings. The van der Waals surface area contributed by atoms with E-state index >= 15 is 0 Å². The van der Waals surface area contributed by atoms with Crippen LogP contribution in [0.15, 0.2) is 81.8 Å². The molecule has 2 aromatic carbocycles. The second-order valence-electron chi connectivity index (χ2n) is 6.10. The Bertz CT molecular complexity index is 1190. The maximum atomic E-state index is 13.0. The molecule has 0 aliphatic carbocycles. The molecular formula is C21H17N3O3S. The zero-order valence-electron chi connectivity index (χ0n) is 14.9. The van der Waals surface area contributed by atoms with E-state index in [9.17, 15) is 9.59 Å². The van der Waals surface area contributed by atoms with E-state index in [0.29, 0.717) is 22.8 Å². The summed E-state index contributed by atoms with van der Waals surface area (Å²) in [5.74, 6) is -0.820. The minimum absolute atomic E-state index is 0.135. The first-order chi connectivity index (χ1) is 13.7. The van der Waals surface area contributed by atoms with Crippen LogP contribution in [0.4, 0.5) is 5.13 Å². The lowest BCUT2D eigenvalue weighted by Gasteiger charge is -2.18. The van der Waals surface area contributed by atoms with E-state index in [1.54, 1.807) is 30.3 Å². The van der Waals surface area contributed by atoms with E-state index in [2.05, 4.69) is 11.6 Å². The number of hydrogen-bond acceptors (Lipinski definition) is 5. The number of nitrogens with zero attached hydrogens (tertiary/aromatic N) is 3. The van der Waals surface area contributed by atoms with Crippen molar-refractivity contribution in [3.05, 3.63) is 83.2 Å². The van der Waals surface area contributed by atoms with Gasteiger partial charge in [0, 0.05) is 17.5 Å². The number of oxazole rings is 1. The first-order valence-corrected chi connectivity index (χ1v) is 9.56. The summed E-state index contributed by atoms with van der Waals surface area (Å²) in [6.07, 6.45) is 1.64. The Balaban J connectivity index is 1.64. The van der Waals surface area contributed by atoms with E-state index in [1.807, 2.05) is 35.7 Å². The molecule has 0 atom stereocenters. The van der Waals surface area contributed by atoms with Gasteiger partial charge in [-0.05, 0) is 12.1 Å². The maximum absolute atomic E-state index is 13.0. The Morgan fingerprint density at radius 1 is 1.18 bits per heavy atom. The van der Waals surface area contributed by atoms with Crippen LogP contribution in [0.1, 0.15) is 0 Å². The Hall–Kier alpha value is -3.45. The second kappa shape index (κ2) is 7.66. The lowest BCUT2D eigenvalue weighted by atomic mass is 10.2. The highest BCUT2D eigenvalue weighted by Gasteiger charge is 2.21. The molecule has 0 aliphatic heterocycles. The van der Waals surface area contributed by atoms with E-state index in [1.165, 1.54) is 20.8 Å². The number of anilines is 1. The van der Waals surface area contributed by atoms with Crippen LogP contribution in [-0.2, 0) is 11.3 Å². The molecule has 7 heteroatoms. The molecule has 0 spiro atoms. The van der Waals surface area contributed by atoms with Crippen LogP contribution in [0.2, 0.25) is 0 Å². The average Bonchev–Trinajstić information content (AvgIpc) is 3.32. The monoisotopic (exact) mass is 391 g/mol. The minimum Gasteiger partial charge on any atom is -0.408 e. The second-order valence-corrected chi connectivity index (χ2v) is 6.93. The Morgan fingerprint density at radius 3 is 2.71 bits per heavy atom. The van der Waals surface area contributed by atoms with Crippen molar-refractivity contribution in [3.63, 3.8) is 0 Å². The van der Waals surface area contributed by atoms with Gasteiger partial charge < -0.3 is 4.42 Å². The summed E-state index contributed by atoms with van der Waals surface area (Å²) in [5, 5.41) is 2.47. The van der Waals surface area contributed by atoms with Gasteiger partial charge in [0.15, 0.2) is 10.7 Å². The van der Waals surface area contributed by atoms with Gasteiger partial charge in [0.25, 0.3) is 0 Å². The number of benzene rings is 2. The van der Waals surface area contributed by atoms with Gasteiger partial charge in [0.05, 0.1) is 11.2 Å². The van der Waals surface area contributed by atoms with E-state index in [0.717, 1.165) is 11.3 Å². The number of carbonyl (C=O) groups is 1. The average molecular weight is 391 g/mol. The quantitative estimate of drug-likeness (QED) is 0.467. The predicted octanol–water partition coefficient (Wildman–Crippen LogP) is 3.94. The summed E-state index contributed by atoms with van der Waals surface area (Å²) in [7, 11) is 0. The molecule has 0 saturated carbocycles. The molecule has 2 aromatic heterocycles. The van der Waals surface area contributed by atoms with E-state index in [-0.39, 0.29) is 12.5 Å². The lowest BCUT2D eigenvalue weighted by molar-refractivity contribution is -0.119. The highest BCUT2D eigenvalue weighted by molar-refractivity contribution is 7.14. The van der Waals surface area contributed by atoms with Gasteiger partial charge >= 0.3 is 5.76 Å². The number of hydrogen-bond donors (Lipinski definition) is 0. The smallest absolute Gasteiger partial charge is 0.408 e. The zero-order chi connectivity index (χ0) is 19.5. The standard InChI is InChI=1S/C21H17N3O3S/c1-2-12-23(20-22-16(14-28-20)15-8-4-3-5-9-15)19(25)13-24-17-10-6-7-11-18(17)27-21(24)26/h2-11,14H,1,12-13H2. The van der Waals surface area contributed by atoms with Gasteiger partial charge in [-0.2, -0.15) is 0 Å². The molecule has 2 heterocycles. The van der Waals surface area contributed by atoms with Crippen LogP contribution in [0.5, 0.6) is 0 Å². The Morgan fingerprint density at radius 2 is 1.93 bits per heavy atom. The SMILES string of the molecule is C=CCN(C(=O)Cn1c(=O)oc2ccccc21)c1nc(-c2ccccc2)cs1. The first-order valence-electron chi connectivity index (χ1n) is 8.68. The largest absolute Gasteiger partial charge is 0.420 e. The third kappa shape index (κ3) is 3.39. The molecule has 0 bridgehead atoms. The molecule has 4 aromatic rings. The molecule has 1 amide bonds. The van der Waals surface area contributed by atoms with Crippen LogP contribution in [0.25, 0.3) is 22.4 Å². The van der Waals surface area contributed by atoms with Gasteiger partial charge in [0.2, 0.25) is 5.91 Å². The molecule has 4 rings (SSSR count). The number of fused-ring (bicyclic) bond motifs is 1. The summed E-state index contributed by atoms with van der Waals surface area (Å²) < 4.78 is 6.54. The molecule has 140 valence electrons. The molecule has 0 saturated heterocycles. The van der Waals surface area contributed by atoms with Crippen LogP contribution in [0.3, 0.4) is 0 Å². The number of aromatic nitrogens is 2. The highest BCUT2D eigenvalue weighted by atomic mass is 32.1. The van der Waals surface area contributed by atoms with Crippen molar-refractivity contribution in [2.24, 2.45) is 0 Å². The summed E-state index contributed by atoms with van der Waals surface area (Å²) in [6.45, 7) is 3.90. The van der Waals surface area contributed by atoms with Crippen LogP contribution in [-0.4, -0.2) is 22.0 Å². The van der Waals surface area contributed by atoms with Gasteiger partial charge in [-0.25, -0.2) is 9.78 Å². The fraction of sp³-hybridized carbons (Fsp3) is 0.0952. The molecule has 0 radical (unpaired) electrons. The van der Waals surface area contributed by atoms with Crippen molar-refractivity contribution in [2.75, 3.05) is 11.4 Å². The summed E-state index contributed by atoms with van der Waals surface area (Å²) in [6, 6.07) is 16.8. The van der Waals surface area contributed by atoms with Crippen molar-refractivity contribution in [3.8, 4) is 11.3 Å². The Kier molecular flexibility index (Phi) is 4.90. The van der Waals surface area contributed by atoms with Crippen molar-refractivity contribution in [1.82, 2.24) is 9.55 Å².